The molecular weight excluding hydrogens is 368 g/mol. The molecule has 1 aromatic carbocycles. The van der Waals surface area contributed by atoms with Gasteiger partial charge in [-0.3, -0.25) is 0 Å². The zero-order valence-corrected chi connectivity index (χ0v) is 14.1. The van der Waals surface area contributed by atoms with Crippen LogP contribution in [0.4, 0.5) is 13.9 Å². The fourth-order valence-electron chi connectivity index (χ4n) is 2.09. The summed E-state index contributed by atoms with van der Waals surface area (Å²) in [5, 5.41) is 12.7. The van der Waals surface area contributed by atoms with E-state index in [2.05, 4.69) is 25.5 Å². The number of hydrogen-bond donors (Lipinski definition) is 1. The average molecular weight is 377 g/mol. The molecule has 126 valence electrons. The van der Waals surface area contributed by atoms with Crippen LogP contribution in [0.2, 0.25) is 0 Å². The van der Waals surface area contributed by atoms with Crippen LogP contribution in [0.25, 0.3) is 10.9 Å². The van der Waals surface area contributed by atoms with E-state index in [1.54, 1.807) is 12.3 Å². The van der Waals surface area contributed by atoms with E-state index in [1.807, 2.05) is 6.07 Å². The molecule has 0 unspecified atom stereocenters. The quantitative estimate of drug-likeness (QED) is 0.524. The second kappa shape index (κ2) is 6.73. The Balaban J connectivity index is 1.54. The van der Waals surface area contributed by atoms with Gasteiger partial charge in [0.15, 0.2) is 16.0 Å². The summed E-state index contributed by atoms with van der Waals surface area (Å²) in [6.45, 7) is 0.493. The van der Waals surface area contributed by atoms with Gasteiger partial charge in [-0.15, -0.1) is 10.2 Å². The van der Waals surface area contributed by atoms with Crippen molar-refractivity contribution < 1.29 is 13.2 Å². The van der Waals surface area contributed by atoms with Crippen LogP contribution in [0.5, 0.6) is 0 Å². The molecule has 25 heavy (non-hydrogen) atoms. The molecule has 0 radical (unpaired) electrons. The molecule has 6 nitrogen and oxygen atoms in total. The molecule has 4 aromatic rings. The van der Waals surface area contributed by atoms with Gasteiger partial charge < -0.3 is 9.73 Å². The first kappa shape index (κ1) is 15.9. The molecule has 3 aromatic heterocycles. The number of aromatic nitrogens is 4. The lowest BCUT2D eigenvalue weighted by molar-refractivity contribution is 0.510. The highest BCUT2D eigenvalue weighted by molar-refractivity contribution is 8.01. The van der Waals surface area contributed by atoms with Crippen LogP contribution in [0.15, 0.2) is 50.6 Å². The zero-order chi connectivity index (χ0) is 17.2. The third-order valence-corrected chi connectivity index (χ3v) is 5.18. The van der Waals surface area contributed by atoms with E-state index in [1.165, 1.54) is 29.4 Å². The molecule has 0 aliphatic heterocycles. The predicted molar refractivity (Wildman–Crippen MR) is 89.5 cm³/mol. The van der Waals surface area contributed by atoms with Gasteiger partial charge >= 0.3 is 0 Å². The highest BCUT2D eigenvalue weighted by Gasteiger charge is 2.13. The van der Waals surface area contributed by atoms with Crippen LogP contribution in [0.1, 0.15) is 5.76 Å². The molecule has 0 amide bonds. The third-order valence-electron chi connectivity index (χ3n) is 3.23. The number of nitrogens with zero attached hydrogens (tertiary/aromatic N) is 4. The normalized spacial score (nSPS) is 11.1. The Morgan fingerprint density at radius 1 is 1.16 bits per heavy atom. The van der Waals surface area contributed by atoms with E-state index in [0.29, 0.717) is 31.9 Å². The Hall–Kier alpha value is -2.59. The van der Waals surface area contributed by atoms with Gasteiger partial charge in [0.05, 0.1) is 18.3 Å². The van der Waals surface area contributed by atoms with Crippen molar-refractivity contribution >= 4 is 39.1 Å². The first-order valence-corrected chi connectivity index (χ1v) is 8.70. The summed E-state index contributed by atoms with van der Waals surface area (Å²) in [7, 11) is 0. The summed E-state index contributed by atoms with van der Waals surface area (Å²) in [6.07, 6.45) is 2.90. The van der Waals surface area contributed by atoms with Crippen LogP contribution < -0.4 is 5.32 Å². The van der Waals surface area contributed by atoms with Gasteiger partial charge in [-0.05, 0) is 30.0 Å². The molecular formula is C15H9F2N5OS2. The smallest absolute Gasteiger partial charge is 0.206 e. The second-order valence-corrected chi connectivity index (χ2v) is 7.08. The number of halogens is 2. The van der Waals surface area contributed by atoms with Gasteiger partial charge in [0, 0.05) is 11.5 Å². The third kappa shape index (κ3) is 3.44. The van der Waals surface area contributed by atoms with E-state index in [0.717, 1.165) is 17.9 Å². The van der Waals surface area contributed by atoms with E-state index >= 15 is 0 Å². The molecule has 0 aliphatic carbocycles. The lowest BCUT2D eigenvalue weighted by atomic mass is 10.2. The number of fused-ring (bicyclic) bond motifs is 1. The van der Waals surface area contributed by atoms with Gasteiger partial charge in [-0.2, -0.15) is 0 Å². The molecule has 0 saturated heterocycles. The molecule has 0 fully saturated rings. The van der Waals surface area contributed by atoms with Crippen LogP contribution >= 0.6 is 23.1 Å². The van der Waals surface area contributed by atoms with Crippen LogP contribution in [-0.2, 0) is 6.54 Å². The largest absolute Gasteiger partial charge is 0.467 e. The molecule has 0 atom stereocenters. The minimum Gasteiger partial charge on any atom is -0.467 e. The monoisotopic (exact) mass is 377 g/mol. The lowest BCUT2D eigenvalue weighted by Gasteiger charge is -2.03. The summed E-state index contributed by atoms with van der Waals surface area (Å²) in [6, 6.07) is 5.79. The molecule has 3 heterocycles. The maximum atomic E-state index is 13.5. The van der Waals surface area contributed by atoms with Crippen LogP contribution in [0, 0.1) is 11.6 Å². The number of anilines is 1. The zero-order valence-electron chi connectivity index (χ0n) is 12.4. The highest BCUT2D eigenvalue weighted by Crippen LogP contribution is 2.34. The van der Waals surface area contributed by atoms with Crippen molar-refractivity contribution in [3.63, 3.8) is 0 Å². The fraction of sp³-hybridized carbons (Fsp3) is 0.0667. The molecule has 10 heteroatoms. The number of benzene rings is 1. The summed E-state index contributed by atoms with van der Waals surface area (Å²) in [5.41, 5.74) is 0.331. The van der Waals surface area contributed by atoms with Crippen LogP contribution in [-0.4, -0.2) is 20.2 Å². The maximum Gasteiger partial charge on any atom is 0.206 e. The molecule has 0 saturated carbocycles. The van der Waals surface area contributed by atoms with Gasteiger partial charge in [0.2, 0.25) is 5.13 Å². The summed E-state index contributed by atoms with van der Waals surface area (Å²) < 4.78 is 32.7. The topological polar surface area (TPSA) is 76.7 Å². The minimum absolute atomic E-state index is 0.331. The lowest BCUT2D eigenvalue weighted by Crippen LogP contribution is -1.96. The molecule has 4 rings (SSSR count). The van der Waals surface area contributed by atoms with Crippen LogP contribution in [0.3, 0.4) is 0 Å². The number of nitrogens with one attached hydrogen (secondary N) is 1. The minimum atomic E-state index is -0.942. The number of rotatable bonds is 5. The number of furan rings is 1. The van der Waals surface area contributed by atoms with Gasteiger partial charge in [0.1, 0.15) is 17.1 Å². The highest BCUT2D eigenvalue weighted by atomic mass is 32.2. The molecule has 0 spiro atoms. The van der Waals surface area contributed by atoms with E-state index in [-0.39, 0.29) is 0 Å². The Kier molecular flexibility index (Phi) is 4.28. The Bertz CT molecular complexity index is 1020. The Labute approximate surface area is 148 Å². The van der Waals surface area contributed by atoms with Crippen molar-refractivity contribution in [1.29, 1.82) is 0 Å². The summed E-state index contributed by atoms with van der Waals surface area (Å²) >= 11 is 2.54. The Morgan fingerprint density at radius 2 is 2.04 bits per heavy atom. The van der Waals surface area contributed by atoms with Crippen molar-refractivity contribution in [2.75, 3.05) is 5.32 Å². The van der Waals surface area contributed by atoms with E-state index in [9.17, 15) is 8.78 Å². The van der Waals surface area contributed by atoms with E-state index < -0.39 is 11.6 Å². The maximum absolute atomic E-state index is 13.5. The second-order valence-electron chi connectivity index (χ2n) is 4.87. The van der Waals surface area contributed by atoms with Gasteiger partial charge in [0.25, 0.3) is 0 Å². The van der Waals surface area contributed by atoms with Crippen molar-refractivity contribution in [1.82, 2.24) is 20.2 Å². The SMILES string of the molecule is Fc1cc2ncnc(Sc3nnc(NCc4ccco4)s3)c2cc1F. The standard InChI is InChI=1S/C15H9F2N5OS2/c16-10-4-9-12(5-11(10)17)19-7-20-13(9)24-15-22-21-14(25-15)18-6-8-2-1-3-23-8/h1-5,7H,6H2,(H,18,21). The van der Waals surface area contributed by atoms with E-state index in [4.69, 9.17) is 4.42 Å². The van der Waals surface area contributed by atoms with Gasteiger partial charge in [-0.1, -0.05) is 11.3 Å². The van der Waals surface area contributed by atoms with Crippen molar-refractivity contribution in [3.05, 3.63) is 54.3 Å². The predicted octanol–water partition coefficient (Wildman–Crippen LogP) is 4.12. The molecule has 0 aliphatic rings. The first-order valence-electron chi connectivity index (χ1n) is 7.06. The summed E-state index contributed by atoms with van der Waals surface area (Å²) in [5.74, 6) is -1.10. The molecule has 1 N–H and O–H groups in total. The van der Waals surface area contributed by atoms with Crippen molar-refractivity contribution in [3.8, 4) is 0 Å². The number of hydrogen-bond acceptors (Lipinski definition) is 8. The van der Waals surface area contributed by atoms with Gasteiger partial charge in [-0.25, -0.2) is 18.7 Å². The fourth-order valence-corrected chi connectivity index (χ4v) is 3.82. The average Bonchev–Trinajstić information content (AvgIpc) is 3.26. The van der Waals surface area contributed by atoms with Crippen molar-refractivity contribution in [2.24, 2.45) is 0 Å². The first-order chi connectivity index (χ1) is 12.2. The Morgan fingerprint density at radius 3 is 2.88 bits per heavy atom. The van der Waals surface area contributed by atoms with Crippen molar-refractivity contribution in [2.45, 2.75) is 15.9 Å². The molecule has 0 bridgehead atoms. The summed E-state index contributed by atoms with van der Waals surface area (Å²) in [4.78, 5) is 8.10.